The molecule has 64 heavy (non-hydrogen) atoms. The van der Waals surface area contributed by atoms with Gasteiger partial charge in [0.05, 0.1) is 13.2 Å². The Balaban J connectivity index is 3.95. The molecule has 10 heteroatoms. The highest BCUT2D eigenvalue weighted by atomic mass is 31.2. The molecule has 0 aliphatic carbocycles. The van der Waals surface area contributed by atoms with E-state index in [-0.39, 0.29) is 38.6 Å². The van der Waals surface area contributed by atoms with E-state index in [4.69, 9.17) is 24.3 Å². The predicted molar refractivity (Wildman–Crippen MR) is 271 cm³/mol. The molecular formula is C54H104NO8P. The molecule has 0 saturated heterocycles. The second-order valence-electron chi connectivity index (χ2n) is 18.4. The summed E-state index contributed by atoms with van der Waals surface area (Å²) in [4.78, 5) is 35.1. The lowest BCUT2D eigenvalue weighted by Crippen LogP contribution is -2.29. The van der Waals surface area contributed by atoms with Crippen molar-refractivity contribution in [2.45, 2.75) is 283 Å². The van der Waals surface area contributed by atoms with E-state index in [9.17, 15) is 19.0 Å². The molecule has 0 rings (SSSR count). The number of allylic oxidation sites excluding steroid dienone is 4. The zero-order valence-electron chi connectivity index (χ0n) is 42.0. The molecule has 378 valence electrons. The normalized spacial score (nSPS) is 13.2. The van der Waals surface area contributed by atoms with Crippen LogP contribution in [0, 0.1) is 0 Å². The molecule has 3 N–H and O–H groups in total. The first kappa shape index (κ1) is 62.5. The zero-order valence-corrected chi connectivity index (χ0v) is 42.9. The summed E-state index contributed by atoms with van der Waals surface area (Å²) in [5, 5.41) is 0. The number of carbonyl (C=O) groups excluding carboxylic acids is 2. The molecule has 2 atom stereocenters. The Bertz CT molecular complexity index is 1100. The fraction of sp³-hybridized carbons (Fsp3) is 0.889. The van der Waals surface area contributed by atoms with Gasteiger partial charge in [-0.05, 0) is 64.2 Å². The molecular weight excluding hydrogens is 822 g/mol. The minimum Gasteiger partial charge on any atom is -0.462 e. The van der Waals surface area contributed by atoms with Gasteiger partial charge in [-0.1, -0.05) is 224 Å². The SMILES string of the molecule is CCCCCCCCC/C=C\CCCCCCCC(=O)OCC(COP(=O)(O)OCCN)OC(=O)CCCCCCCCCCCCCCCCC/C=C\CCCCCCCCCC. The van der Waals surface area contributed by atoms with Crippen molar-refractivity contribution in [2.24, 2.45) is 5.73 Å². The van der Waals surface area contributed by atoms with Gasteiger partial charge in [-0.15, -0.1) is 0 Å². The second-order valence-corrected chi connectivity index (χ2v) is 19.9. The average molecular weight is 926 g/mol. The van der Waals surface area contributed by atoms with Crippen molar-refractivity contribution in [1.82, 2.24) is 0 Å². The number of hydrogen-bond acceptors (Lipinski definition) is 8. The Labute approximate surface area is 395 Å². The van der Waals surface area contributed by atoms with E-state index < -0.39 is 26.5 Å². The number of phosphoric ester groups is 1. The molecule has 0 fully saturated rings. The fourth-order valence-electron chi connectivity index (χ4n) is 7.98. The molecule has 0 amide bonds. The first-order valence-electron chi connectivity index (χ1n) is 27.3. The van der Waals surface area contributed by atoms with Gasteiger partial charge in [-0.3, -0.25) is 18.6 Å². The van der Waals surface area contributed by atoms with Gasteiger partial charge >= 0.3 is 19.8 Å². The van der Waals surface area contributed by atoms with Crippen LogP contribution in [0.3, 0.4) is 0 Å². The molecule has 0 aliphatic heterocycles. The number of hydrogen-bond donors (Lipinski definition) is 2. The van der Waals surface area contributed by atoms with Crippen LogP contribution < -0.4 is 5.73 Å². The largest absolute Gasteiger partial charge is 0.472 e. The first-order chi connectivity index (χ1) is 31.3. The number of nitrogens with two attached hydrogens (primary N) is 1. The Hall–Kier alpha value is -1.51. The number of ether oxygens (including phenoxy) is 2. The minimum atomic E-state index is -4.38. The van der Waals surface area contributed by atoms with Gasteiger partial charge in [-0.2, -0.15) is 0 Å². The summed E-state index contributed by atoms with van der Waals surface area (Å²) in [5.41, 5.74) is 5.37. The maximum absolute atomic E-state index is 12.7. The van der Waals surface area contributed by atoms with Crippen molar-refractivity contribution in [1.29, 1.82) is 0 Å². The summed E-state index contributed by atoms with van der Waals surface area (Å²) in [6.45, 7) is 3.77. The van der Waals surface area contributed by atoms with E-state index in [1.165, 1.54) is 193 Å². The summed E-state index contributed by atoms with van der Waals surface area (Å²) in [7, 11) is -4.38. The predicted octanol–water partition coefficient (Wildman–Crippen LogP) is 16.7. The van der Waals surface area contributed by atoms with Gasteiger partial charge in [0.25, 0.3) is 0 Å². The standard InChI is InChI=1S/C54H104NO8P/c1-3-5-7-9-11-13-15-17-19-21-22-23-24-25-26-27-28-29-30-31-33-35-37-39-41-43-45-47-54(57)63-52(51-62-64(58,59)61-49-48-55)50-60-53(56)46-44-42-40-38-36-34-32-20-18-16-14-12-10-8-6-4-2/h20-22,32,52H,3-19,23-31,33-51,55H2,1-2H3,(H,58,59)/b22-21-,32-20-. The third-order valence-corrected chi connectivity index (χ3v) is 13.0. The molecule has 0 spiro atoms. The molecule has 0 aliphatic rings. The summed E-state index contributed by atoms with van der Waals surface area (Å²) >= 11 is 0. The highest BCUT2D eigenvalue weighted by molar-refractivity contribution is 7.47. The molecule has 0 radical (unpaired) electrons. The Kier molecular flexibility index (Phi) is 49.7. The Morgan fingerprint density at radius 1 is 0.453 bits per heavy atom. The van der Waals surface area contributed by atoms with Crippen LogP contribution in [-0.2, 0) is 32.7 Å². The molecule has 0 aromatic carbocycles. The molecule has 9 nitrogen and oxygen atoms in total. The van der Waals surface area contributed by atoms with Crippen LogP contribution in [0.4, 0.5) is 0 Å². The number of phosphoric acid groups is 1. The summed E-state index contributed by atoms with van der Waals surface area (Å²) in [6, 6.07) is 0. The van der Waals surface area contributed by atoms with Gasteiger partial charge in [0.2, 0.25) is 0 Å². The van der Waals surface area contributed by atoms with Crippen LogP contribution in [0.1, 0.15) is 277 Å². The van der Waals surface area contributed by atoms with Crippen molar-refractivity contribution in [3.8, 4) is 0 Å². The van der Waals surface area contributed by atoms with Crippen molar-refractivity contribution in [3.63, 3.8) is 0 Å². The van der Waals surface area contributed by atoms with Gasteiger partial charge in [0.1, 0.15) is 6.61 Å². The lowest BCUT2D eigenvalue weighted by Gasteiger charge is -2.19. The minimum absolute atomic E-state index is 0.0542. The first-order valence-corrected chi connectivity index (χ1v) is 28.8. The van der Waals surface area contributed by atoms with Gasteiger partial charge in [-0.25, -0.2) is 4.57 Å². The fourth-order valence-corrected chi connectivity index (χ4v) is 8.75. The quantitative estimate of drug-likeness (QED) is 0.0265. The van der Waals surface area contributed by atoms with Crippen LogP contribution in [0.2, 0.25) is 0 Å². The summed E-state index contributed by atoms with van der Waals surface area (Å²) in [5.74, 6) is -0.825. The van der Waals surface area contributed by atoms with Crippen LogP contribution >= 0.6 is 7.82 Å². The number of esters is 2. The lowest BCUT2D eigenvalue weighted by atomic mass is 10.0. The van der Waals surface area contributed by atoms with E-state index in [1.807, 2.05) is 0 Å². The smallest absolute Gasteiger partial charge is 0.462 e. The van der Waals surface area contributed by atoms with Gasteiger partial charge in [0, 0.05) is 19.4 Å². The summed E-state index contributed by atoms with van der Waals surface area (Å²) in [6.07, 6.45) is 58.0. The zero-order chi connectivity index (χ0) is 46.7. The molecule has 0 saturated carbocycles. The van der Waals surface area contributed by atoms with E-state index in [0.717, 1.165) is 51.4 Å². The van der Waals surface area contributed by atoms with E-state index >= 15 is 0 Å². The third kappa shape index (κ3) is 49.9. The highest BCUT2D eigenvalue weighted by Gasteiger charge is 2.26. The summed E-state index contributed by atoms with van der Waals surface area (Å²) < 4.78 is 33.0. The third-order valence-electron chi connectivity index (χ3n) is 12.1. The maximum atomic E-state index is 12.7. The van der Waals surface area contributed by atoms with Crippen LogP contribution in [0.5, 0.6) is 0 Å². The lowest BCUT2D eigenvalue weighted by molar-refractivity contribution is -0.161. The Morgan fingerprint density at radius 3 is 1.11 bits per heavy atom. The van der Waals surface area contributed by atoms with E-state index in [2.05, 4.69) is 38.2 Å². The molecule has 0 bridgehead atoms. The van der Waals surface area contributed by atoms with Crippen molar-refractivity contribution >= 4 is 19.8 Å². The topological polar surface area (TPSA) is 134 Å². The van der Waals surface area contributed by atoms with Crippen LogP contribution in [0.15, 0.2) is 24.3 Å². The number of rotatable bonds is 52. The van der Waals surface area contributed by atoms with E-state index in [0.29, 0.717) is 6.42 Å². The van der Waals surface area contributed by atoms with Gasteiger partial charge in [0.15, 0.2) is 6.10 Å². The van der Waals surface area contributed by atoms with Crippen LogP contribution in [0.25, 0.3) is 0 Å². The van der Waals surface area contributed by atoms with Gasteiger partial charge < -0.3 is 20.1 Å². The number of unbranched alkanes of at least 4 members (excludes halogenated alkanes) is 35. The number of carbonyl (C=O) groups is 2. The Morgan fingerprint density at radius 2 is 0.766 bits per heavy atom. The van der Waals surface area contributed by atoms with Crippen LogP contribution in [-0.4, -0.2) is 49.3 Å². The maximum Gasteiger partial charge on any atom is 0.472 e. The van der Waals surface area contributed by atoms with Crippen molar-refractivity contribution < 1.29 is 37.6 Å². The molecule has 0 heterocycles. The van der Waals surface area contributed by atoms with E-state index in [1.54, 1.807) is 0 Å². The molecule has 2 unspecified atom stereocenters. The van der Waals surface area contributed by atoms with Crippen molar-refractivity contribution in [3.05, 3.63) is 24.3 Å². The average Bonchev–Trinajstić information content (AvgIpc) is 3.28. The molecule has 0 aromatic heterocycles. The second kappa shape index (κ2) is 50.9. The monoisotopic (exact) mass is 926 g/mol. The molecule has 0 aromatic rings. The van der Waals surface area contributed by atoms with Crippen molar-refractivity contribution in [2.75, 3.05) is 26.4 Å². The highest BCUT2D eigenvalue weighted by Crippen LogP contribution is 2.43.